The minimum absolute atomic E-state index is 0. The maximum absolute atomic E-state index is 12.9. The van der Waals surface area contributed by atoms with Gasteiger partial charge in [0.1, 0.15) is 0 Å². The molecule has 0 bridgehead atoms. The second-order valence-electron chi connectivity index (χ2n) is 6.61. The zero-order valence-electron chi connectivity index (χ0n) is 13.3. The molecule has 0 radical (unpaired) electrons. The summed E-state index contributed by atoms with van der Waals surface area (Å²) in [6, 6.07) is 5.59. The molecule has 2 aliphatic rings. The van der Waals surface area contributed by atoms with Gasteiger partial charge in [-0.15, -0.1) is 12.4 Å². The second kappa shape index (κ2) is 6.48. The fraction of sp³-hybridized carbons (Fsp3) is 0.625. The molecule has 3 rings (SSSR count). The van der Waals surface area contributed by atoms with E-state index in [-0.39, 0.29) is 17.8 Å². The molecule has 0 amide bonds. The molecule has 1 aromatic rings. The first-order chi connectivity index (χ1) is 9.93. The molecular weight excluding hydrogens is 320 g/mol. The zero-order valence-corrected chi connectivity index (χ0v) is 14.9. The Kier molecular flexibility index (Phi) is 5.22. The number of halogens is 1. The minimum atomic E-state index is -3.35. The molecule has 6 heteroatoms. The number of nitrogens with zero attached hydrogens (tertiary/aromatic N) is 1. The van der Waals surface area contributed by atoms with Crippen LogP contribution in [-0.4, -0.2) is 38.9 Å². The standard InChI is InChI=1S/C16H24N2O2S.ClH/c1-13-3-4-15(14(2)11-13)21(19,20)18-10-7-16(12-18)5-8-17-9-6-16;/h3-4,11,17H,5-10,12H2,1-2H3;1H. The average Bonchev–Trinajstić information content (AvgIpc) is 2.83. The number of nitrogens with one attached hydrogen (secondary N) is 1. The van der Waals surface area contributed by atoms with Crippen molar-refractivity contribution in [3.8, 4) is 0 Å². The number of hydrogen-bond acceptors (Lipinski definition) is 3. The largest absolute Gasteiger partial charge is 0.317 e. The highest BCUT2D eigenvalue weighted by molar-refractivity contribution is 7.89. The number of aryl methyl sites for hydroxylation is 2. The fourth-order valence-electron chi connectivity index (χ4n) is 3.69. The fourth-order valence-corrected chi connectivity index (χ4v) is 5.45. The molecule has 2 fully saturated rings. The van der Waals surface area contributed by atoms with Crippen LogP contribution in [0.2, 0.25) is 0 Å². The Balaban J connectivity index is 0.00000176. The highest BCUT2D eigenvalue weighted by atomic mass is 35.5. The topological polar surface area (TPSA) is 49.4 Å². The summed E-state index contributed by atoms with van der Waals surface area (Å²) in [5, 5.41) is 3.37. The van der Waals surface area contributed by atoms with Crippen LogP contribution in [0.3, 0.4) is 0 Å². The zero-order chi connectivity index (χ0) is 15.1. The molecule has 2 saturated heterocycles. The van der Waals surface area contributed by atoms with Crippen molar-refractivity contribution in [3.63, 3.8) is 0 Å². The highest BCUT2D eigenvalue weighted by Crippen LogP contribution is 2.40. The first kappa shape index (κ1) is 17.7. The number of sulfonamides is 1. The molecule has 0 aliphatic carbocycles. The first-order valence-electron chi connectivity index (χ1n) is 7.71. The highest BCUT2D eigenvalue weighted by Gasteiger charge is 2.43. The number of hydrogen-bond donors (Lipinski definition) is 1. The van der Waals surface area contributed by atoms with E-state index in [0.29, 0.717) is 18.0 Å². The molecule has 1 spiro atoms. The van der Waals surface area contributed by atoms with Gasteiger partial charge in [0.15, 0.2) is 0 Å². The van der Waals surface area contributed by atoms with Gasteiger partial charge in [0.25, 0.3) is 0 Å². The lowest BCUT2D eigenvalue weighted by Crippen LogP contribution is -2.39. The SMILES string of the molecule is Cc1ccc(S(=O)(=O)N2CCC3(CCNCC3)C2)c(C)c1.Cl. The van der Waals surface area contributed by atoms with E-state index in [1.807, 2.05) is 26.0 Å². The van der Waals surface area contributed by atoms with Gasteiger partial charge in [-0.2, -0.15) is 4.31 Å². The Morgan fingerprint density at radius 1 is 1.14 bits per heavy atom. The van der Waals surface area contributed by atoms with Crippen LogP contribution in [0.4, 0.5) is 0 Å². The van der Waals surface area contributed by atoms with Crippen molar-refractivity contribution in [3.05, 3.63) is 29.3 Å². The normalized spacial score (nSPS) is 21.7. The summed E-state index contributed by atoms with van der Waals surface area (Å²) in [6.45, 7) is 7.24. The van der Waals surface area contributed by atoms with Crippen LogP contribution >= 0.6 is 12.4 Å². The van der Waals surface area contributed by atoms with Crippen molar-refractivity contribution in [1.82, 2.24) is 9.62 Å². The molecule has 0 atom stereocenters. The van der Waals surface area contributed by atoms with Crippen molar-refractivity contribution in [1.29, 1.82) is 0 Å². The van der Waals surface area contributed by atoms with Crippen LogP contribution in [0.5, 0.6) is 0 Å². The summed E-state index contributed by atoms with van der Waals surface area (Å²) < 4.78 is 27.5. The van der Waals surface area contributed by atoms with Gasteiger partial charge in [-0.3, -0.25) is 0 Å². The summed E-state index contributed by atoms with van der Waals surface area (Å²) in [7, 11) is -3.35. The molecule has 0 aromatic heterocycles. The Hall–Kier alpha value is -0.620. The van der Waals surface area contributed by atoms with Crippen LogP contribution in [-0.2, 0) is 10.0 Å². The van der Waals surface area contributed by atoms with Gasteiger partial charge in [0.2, 0.25) is 10.0 Å². The molecule has 2 aliphatic heterocycles. The smallest absolute Gasteiger partial charge is 0.243 e. The summed E-state index contributed by atoms with van der Waals surface area (Å²) in [5.74, 6) is 0. The molecule has 0 saturated carbocycles. The monoisotopic (exact) mass is 344 g/mol. The second-order valence-corrected chi connectivity index (χ2v) is 8.51. The van der Waals surface area contributed by atoms with Crippen molar-refractivity contribution < 1.29 is 8.42 Å². The van der Waals surface area contributed by atoms with Crippen LogP contribution in [0, 0.1) is 19.3 Å². The van der Waals surface area contributed by atoms with Gasteiger partial charge in [0, 0.05) is 13.1 Å². The van der Waals surface area contributed by atoms with E-state index in [1.165, 1.54) is 0 Å². The number of rotatable bonds is 2. The van der Waals surface area contributed by atoms with Gasteiger partial charge in [-0.05, 0) is 63.2 Å². The van der Waals surface area contributed by atoms with E-state index in [4.69, 9.17) is 0 Å². The Morgan fingerprint density at radius 2 is 1.82 bits per heavy atom. The lowest BCUT2D eigenvalue weighted by atomic mass is 9.78. The van der Waals surface area contributed by atoms with E-state index < -0.39 is 10.0 Å². The average molecular weight is 345 g/mol. The first-order valence-corrected chi connectivity index (χ1v) is 9.15. The predicted octanol–water partition coefficient (Wildman–Crippen LogP) is 2.49. The van der Waals surface area contributed by atoms with Crippen LogP contribution in [0.25, 0.3) is 0 Å². The van der Waals surface area contributed by atoms with Gasteiger partial charge in [-0.1, -0.05) is 17.7 Å². The van der Waals surface area contributed by atoms with Gasteiger partial charge in [0.05, 0.1) is 4.90 Å². The molecule has 124 valence electrons. The third kappa shape index (κ3) is 3.18. The molecular formula is C16H25ClN2O2S. The molecule has 1 N–H and O–H groups in total. The van der Waals surface area contributed by atoms with E-state index in [1.54, 1.807) is 10.4 Å². The molecule has 2 heterocycles. The Labute approximate surface area is 139 Å². The quantitative estimate of drug-likeness (QED) is 0.896. The van der Waals surface area contributed by atoms with Crippen molar-refractivity contribution in [2.24, 2.45) is 5.41 Å². The van der Waals surface area contributed by atoms with Crippen LogP contribution in [0.1, 0.15) is 30.4 Å². The van der Waals surface area contributed by atoms with Crippen molar-refractivity contribution in [2.75, 3.05) is 26.2 Å². The number of benzene rings is 1. The lowest BCUT2D eigenvalue weighted by molar-refractivity contribution is 0.218. The van der Waals surface area contributed by atoms with E-state index in [2.05, 4.69) is 5.32 Å². The van der Waals surface area contributed by atoms with Gasteiger partial charge >= 0.3 is 0 Å². The third-order valence-corrected chi connectivity index (χ3v) is 7.02. The van der Waals surface area contributed by atoms with E-state index in [9.17, 15) is 8.42 Å². The Bertz CT molecular complexity index is 640. The predicted molar refractivity (Wildman–Crippen MR) is 91.1 cm³/mol. The molecule has 0 unspecified atom stereocenters. The maximum atomic E-state index is 12.9. The minimum Gasteiger partial charge on any atom is -0.317 e. The van der Waals surface area contributed by atoms with Crippen molar-refractivity contribution >= 4 is 22.4 Å². The summed E-state index contributed by atoms with van der Waals surface area (Å²) >= 11 is 0. The summed E-state index contributed by atoms with van der Waals surface area (Å²) in [5.41, 5.74) is 2.15. The summed E-state index contributed by atoms with van der Waals surface area (Å²) in [4.78, 5) is 0.471. The third-order valence-electron chi connectivity index (χ3n) is 5.02. The van der Waals surface area contributed by atoms with E-state index in [0.717, 1.165) is 43.5 Å². The summed E-state index contributed by atoms with van der Waals surface area (Å²) in [6.07, 6.45) is 3.18. The van der Waals surface area contributed by atoms with E-state index >= 15 is 0 Å². The number of piperidine rings is 1. The molecule has 1 aromatic carbocycles. The molecule has 22 heavy (non-hydrogen) atoms. The maximum Gasteiger partial charge on any atom is 0.243 e. The van der Waals surface area contributed by atoms with Crippen LogP contribution < -0.4 is 5.32 Å². The van der Waals surface area contributed by atoms with Gasteiger partial charge in [-0.25, -0.2) is 8.42 Å². The molecule has 4 nitrogen and oxygen atoms in total. The van der Waals surface area contributed by atoms with Crippen molar-refractivity contribution in [2.45, 2.75) is 38.0 Å². The van der Waals surface area contributed by atoms with Gasteiger partial charge < -0.3 is 5.32 Å². The van der Waals surface area contributed by atoms with Crippen LogP contribution in [0.15, 0.2) is 23.1 Å². The Morgan fingerprint density at radius 3 is 2.45 bits per heavy atom. The lowest BCUT2D eigenvalue weighted by Gasteiger charge is -2.33.